The van der Waals surface area contributed by atoms with E-state index in [2.05, 4.69) is 0 Å². The lowest BCUT2D eigenvalue weighted by Crippen LogP contribution is -2.15. The fraction of sp³-hybridized carbons (Fsp3) is 0.400. The maximum absolute atomic E-state index is 13.4. The van der Waals surface area contributed by atoms with Crippen molar-refractivity contribution in [3.05, 3.63) is 40.7 Å². The second-order valence-electron chi connectivity index (χ2n) is 5.01. The lowest BCUT2D eigenvalue weighted by atomic mass is 10.2. The molecule has 1 aliphatic rings. The average Bonchev–Trinajstić information content (AvgIpc) is 3.20. The van der Waals surface area contributed by atoms with Gasteiger partial charge in [0, 0.05) is 29.6 Å². The molecule has 0 amide bonds. The Bertz CT molecular complexity index is 607. The second kappa shape index (κ2) is 5.50. The van der Waals surface area contributed by atoms with E-state index in [4.69, 9.17) is 10.7 Å². The van der Waals surface area contributed by atoms with E-state index in [1.54, 1.807) is 23.5 Å². The highest BCUT2D eigenvalue weighted by atomic mass is 32.1. The molecule has 0 saturated heterocycles. The molecule has 0 radical (unpaired) electrons. The number of halogens is 1. The molecule has 20 heavy (non-hydrogen) atoms. The number of nitrogens with zero attached hydrogens (tertiary/aromatic N) is 2. The summed E-state index contributed by atoms with van der Waals surface area (Å²) in [7, 11) is 0. The van der Waals surface area contributed by atoms with Gasteiger partial charge in [0.2, 0.25) is 0 Å². The standard InChI is InChI=1S/C15H18FN3S/c1-2-19(12-5-3-4-11(16)8-12)15-18-14(10-6-7-10)13(9-17)20-15/h3-5,8,10H,2,6-7,9,17H2,1H3. The van der Waals surface area contributed by atoms with Crippen molar-refractivity contribution in [3.8, 4) is 0 Å². The number of nitrogens with two attached hydrogens (primary N) is 1. The van der Waals surface area contributed by atoms with Crippen molar-refractivity contribution in [2.45, 2.75) is 32.2 Å². The second-order valence-corrected chi connectivity index (χ2v) is 6.07. The maximum atomic E-state index is 13.4. The molecular weight excluding hydrogens is 273 g/mol. The van der Waals surface area contributed by atoms with Crippen molar-refractivity contribution >= 4 is 22.2 Å². The predicted octanol–water partition coefficient (Wildman–Crippen LogP) is 3.78. The van der Waals surface area contributed by atoms with Crippen LogP contribution in [0.3, 0.4) is 0 Å². The zero-order valence-electron chi connectivity index (χ0n) is 11.5. The monoisotopic (exact) mass is 291 g/mol. The van der Waals surface area contributed by atoms with Crippen LogP contribution in [0.15, 0.2) is 24.3 Å². The summed E-state index contributed by atoms with van der Waals surface area (Å²) >= 11 is 1.63. The number of benzene rings is 1. The molecule has 1 aliphatic carbocycles. The topological polar surface area (TPSA) is 42.2 Å². The van der Waals surface area contributed by atoms with Crippen molar-refractivity contribution in [2.75, 3.05) is 11.4 Å². The van der Waals surface area contributed by atoms with Crippen molar-refractivity contribution in [3.63, 3.8) is 0 Å². The first kappa shape index (κ1) is 13.5. The molecule has 2 aromatic rings. The summed E-state index contributed by atoms with van der Waals surface area (Å²) in [6.45, 7) is 3.33. The SMILES string of the molecule is CCN(c1cccc(F)c1)c1nc(C2CC2)c(CN)s1. The Hall–Kier alpha value is -1.46. The van der Waals surface area contributed by atoms with E-state index in [0.29, 0.717) is 12.5 Å². The number of thiazole rings is 1. The maximum Gasteiger partial charge on any atom is 0.190 e. The lowest BCUT2D eigenvalue weighted by Gasteiger charge is -2.19. The van der Waals surface area contributed by atoms with Crippen molar-refractivity contribution in [1.29, 1.82) is 0 Å². The number of hydrogen-bond acceptors (Lipinski definition) is 4. The molecule has 1 aromatic carbocycles. The Kier molecular flexibility index (Phi) is 3.72. The van der Waals surface area contributed by atoms with Crippen molar-refractivity contribution in [2.24, 2.45) is 5.73 Å². The molecule has 0 bridgehead atoms. The number of anilines is 2. The van der Waals surface area contributed by atoms with Crippen LogP contribution in [0.4, 0.5) is 15.2 Å². The van der Waals surface area contributed by atoms with E-state index < -0.39 is 0 Å². The van der Waals surface area contributed by atoms with Gasteiger partial charge in [0.05, 0.1) is 5.69 Å². The predicted molar refractivity (Wildman–Crippen MR) is 81.1 cm³/mol. The van der Waals surface area contributed by atoms with E-state index in [1.807, 2.05) is 17.9 Å². The number of rotatable bonds is 5. The Balaban J connectivity index is 1.96. The smallest absolute Gasteiger partial charge is 0.190 e. The number of hydrogen-bond donors (Lipinski definition) is 1. The van der Waals surface area contributed by atoms with Crippen LogP contribution in [0.2, 0.25) is 0 Å². The minimum absolute atomic E-state index is 0.223. The molecule has 3 nitrogen and oxygen atoms in total. The fourth-order valence-corrected chi connectivity index (χ4v) is 3.47. The number of aromatic nitrogens is 1. The van der Waals surface area contributed by atoms with Crippen molar-refractivity contribution < 1.29 is 4.39 Å². The van der Waals surface area contributed by atoms with Gasteiger partial charge in [-0.05, 0) is 38.0 Å². The zero-order valence-corrected chi connectivity index (χ0v) is 12.3. The van der Waals surface area contributed by atoms with Crippen LogP contribution in [-0.4, -0.2) is 11.5 Å². The van der Waals surface area contributed by atoms with E-state index in [-0.39, 0.29) is 5.82 Å². The van der Waals surface area contributed by atoms with E-state index >= 15 is 0 Å². The molecule has 1 fully saturated rings. The van der Waals surface area contributed by atoms with Crippen molar-refractivity contribution in [1.82, 2.24) is 4.98 Å². The normalized spacial score (nSPS) is 14.6. The zero-order chi connectivity index (χ0) is 14.1. The summed E-state index contributed by atoms with van der Waals surface area (Å²) < 4.78 is 13.4. The Morgan fingerprint density at radius 1 is 1.45 bits per heavy atom. The Morgan fingerprint density at radius 3 is 2.85 bits per heavy atom. The molecule has 0 atom stereocenters. The van der Waals surface area contributed by atoms with Gasteiger partial charge in [-0.1, -0.05) is 17.4 Å². The highest BCUT2D eigenvalue weighted by Crippen LogP contribution is 2.44. The molecular formula is C15H18FN3S. The van der Waals surface area contributed by atoms with Gasteiger partial charge >= 0.3 is 0 Å². The summed E-state index contributed by atoms with van der Waals surface area (Å²) in [5, 5.41) is 0.917. The Morgan fingerprint density at radius 2 is 2.25 bits per heavy atom. The molecule has 3 rings (SSSR count). The third kappa shape index (κ3) is 2.55. The minimum atomic E-state index is -0.223. The van der Waals surface area contributed by atoms with Gasteiger partial charge < -0.3 is 10.6 Å². The van der Waals surface area contributed by atoms with E-state index in [0.717, 1.165) is 27.9 Å². The molecule has 1 aromatic heterocycles. The minimum Gasteiger partial charge on any atom is -0.326 e. The highest BCUT2D eigenvalue weighted by Gasteiger charge is 2.30. The van der Waals surface area contributed by atoms with Crippen LogP contribution in [0.5, 0.6) is 0 Å². The average molecular weight is 291 g/mol. The van der Waals surface area contributed by atoms with Gasteiger partial charge in [0.15, 0.2) is 5.13 Å². The van der Waals surface area contributed by atoms with E-state index in [1.165, 1.54) is 18.9 Å². The molecule has 5 heteroatoms. The highest BCUT2D eigenvalue weighted by molar-refractivity contribution is 7.15. The van der Waals surface area contributed by atoms with Gasteiger partial charge in [-0.25, -0.2) is 9.37 Å². The van der Waals surface area contributed by atoms with Gasteiger partial charge in [-0.3, -0.25) is 0 Å². The third-order valence-corrected chi connectivity index (χ3v) is 4.65. The first-order valence-electron chi connectivity index (χ1n) is 6.95. The molecule has 0 spiro atoms. The summed E-state index contributed by atoms with van der Waals surface area (Å²) in [5.74, 6) is 0.365. The van der Waals surface area contributed by atoms with Gasteiger partial charge in [0.25, 0.3) is 0 Å². The van der Waals surface area contributed by atoms with Crippen LogP contribution in [-0.2, 0) is 6.54 Å². The summed E-state index contributed by atoms with van der Waals surface area (Å²) in [4.78, 5) is 7.97. The molecule has 1 saturated carbocycles. The van der Waals surface area contributed by atoms with Gasteiger partial charge in [-0.2, -0.15) is 0 Å². The first-order valence-corrected chi connectivity index (χ1v) is 7.77. The third-order valence-electron chi connectivity index (χ3n) is 3.53. The summed E-state index contributed by atoms with van der Waals surface area (Å²) in [5.41, 5.74) is 7.82. The molecule has 0 unspecified atom stereocenters. The fourth-order valence-electron chi connectivity index (χ4n) is 2.36. The van der Waals surface area contributed by atoms with Gasteiger partial charge in [0.1, 0.15) is 5.82 Å². The largest absolute Gasteiger partial charge is 0.326 e. The van der Waals surface area contributed by atoms with Gasteiger partial charge in [-0.15, -0.1) is 0 Å². The summed E-state index contributed by atoms with van der Waals surface area (Å²) in [6, 6.07) is 6.64. The lowest BCUT2D eigenvalue weighted by molar-refractivity contribution is 0.627. The molecule has 0 aliphatic heterocycles. The molecule has 106 valence electrons. The Labute approximate surface area is 122 Å². The quantitative estimate of drug-likeness (QED) is 0.911. The van der Waals surface area contributed by atoms with E-state index in [9.17, 15) is 4.39 Å². The molecule has 2 N–H and O–H groups in total. The summed E-state index contributed by atoms with van der Waals surface area (Å²) in [6.07, 6.45) is 2.42. The van der Waals surface area contributed by atoms with Crippen LogP contribution >= 0.6 is 11.3 Å². The first-order chi connectivity index (χ1) is 9.72. The van der Waals surface area contributed by atoms with Crippen LogP contribution in [0, 0.1) is 5.82 Å². The van der Waals surface area contributed by atoms with Crippen LogP contribution in [0.1, 0.15) is 36.3 Å². The molecule has 1 heterocycles. The van der Waals surface area contributed by atoms with Crippen LogP contribution in [0.25, 0.3) is 0 Å². The van der Waals surface area contributed by atoms with Crippen LogP contribution < -0.4 is 10.6 Å².